The Morgan fingerprint density at radius 2 is 2.29 bits per heavy atom. The van der Waals surface area contributed by atoms with Crippen LogP contribution in [0.1, 0.15) is 18.2 Å². The van der Waals surface area contributed by atoms with Crippen LogP contribution >= 0.6 is 35.3 Å². The number of carbonyl (C=O) groups excluding carboxylic acids is 1. The van der Waals surface area contributed by atoms with E-state index in [0.29, 0.717) is 13.0 Å². The highest BCUT2D eigenvalue weighted by Gasteiger charge is 2.07. The van der Waals surface area contributed by atoms with E-state index in [1.165, 1.54) is 12.0 Å². The molecule has 0 spiro atoms. The Labute approximate surface area is 147 Å². The number of methoxy groups -OCH3 is 1. The first-order chi connectivity index (χ1) is 9.67. The molecule has 5 nitrogen and oxygen atoms in total. The molecule has 0 bridgehead atoms. The molecule has 0 amide bonds. The summed E-state index contributed by atoms with van der Waals surface area (Å²) in [6, 6.07) is 4.20. The molecule has 21 heavy (non-hydrogen) atoms. The van der Waals surface area contributed by atoms with E-state index in [1.807, 2.05) is 14.0 Å². The molecule has 0 fully saturated rings. The predicted octanol–water partition coefficient (Wildman–Crippen LogP) is 2.37. The van der Waals surface area contributed by atoms with E-state index < -0.39 is 0 Å². The van der Waals surface area contributed by atoms with E-state index in [9.17, 15) is 4.79 Å². The number of likely N-dealkylation sites (N-methyl/N-ethyl adjacent to an activating group) is 1. The highest BCUT2D eigenvalue weighted by atomic mass is 127. The molecule has 0 aliphatic heterocycles. The van der Waals surface area contributed by atoms with Crippen LogP contribution in [-0.4, -0.2) is 50.6 Å². The molecule has 1 rings (SSSR count). The Morgan fingerprint density at radius 3 is 2.86 bits per heavy atom. The van der Waals surface area contributed by atoms with Gasteiger partial charge in [-0.2, -0.15) is 0 Å². The van der Waals surface area contributed by atoms with Gasteiger partial charge in [0.1, 0.15) is 0 Å². The maximum atomic E-state index is 11.1. The molecule has 1 N–H and O–H groups in total. The number of hydrogen-bond donors (Lipinski definition) is 1. The van der Waals surface area contributed by atoms with Crippen molar-refractivity contribution in [2.24, 2.45) is 4.99 Å². The van der Waals surface area contributed by atoms with Crippen molar-refractivity contribution in [2.75, 3.05) is 33.8 Å². The second kappa shape index (κ2) is 11.8. The number of carbonyl (C=O) groups is 1. The zero-order chi connectivity index (χ0) is 14.8. The first-order valence-corrected chi connectivity index (χ1v) is 7.64. The molecule has 1 heterocycles. The van der Waals surface area contributed by atoms with Gasteiger partial charge in [-0.25, -0.2) is 0 Å². The van der Waals surface area contributed by atoms with Crippen molar-refractivity contribution < 1.29 is 9.53 Å². The number of ether oxygens (including phenoxy) is 1. The van der Waals surface area contributed by atoms with Gasteiger partial charge in [0.15, 0.2) is 5.96 Å². The monoisotopic (exact) mass is 425 g/mol. The van der Waals surface area contributed by atoms with Crippen molar-refractivity contribution in [1.82, 2.24) is 10.2 Å². The zero-order valence-electron chi connectivity index (χ0n) is 12.8. The van der Waals surface area contributed by atoms with Crippen molar-refractivity contribution in [3.63, 3.8) is 0 Å². The summed E-state index contributed by atoms with van der Waals surface area (Å²) in [4.78, 5) is 19.0. The molecule has 0 saturated heterocycles. The van der Waals surface area contributed by atoms with E-state index in [-0.39, 0.29) is 29.9 Å². The van der Waals surface area contributed by atoms with Gasteiger partial charge >= 0.3 is 5.97 Å². The number of rotatable bonds is 7. The van der Waals surface area contributed by atoms with Crippen LogP contribution < -0.4 is 5.32 Å². The van der Waals surface area contributed by atoms with Crippen LogP contribution in [0.3, 0.4) is 0 Å². The Balaban J connectivity index is 0.00000400. The summed E-state index contributed by atoms with van der Waals surface area (Å²) in [5, 5.41) is 5.32. The van der Waals surface area contributed by atoms with Crippen LogP contribution in [0.4, 0.5) is 0 Å². The maximum absolute atomic E-state index is 11.1. The topological polar surface area (TPSA) is 53.9 Å². The molecular weight excluding hydrogens is 401 g/mol. The fraction of sp³-hybridized carbons (Fsp3) is 0.571. The van der Waals surface area contributed by atoms with Gasteiger partial charge in [0.25, 0.3) is 0 Å². The van der Waals surface area contributed by atoms with Crippen LogP contribution in [-0.2, 0) is 16.0 Å². The summed E-state index contributed by atoms with van der Waals surface area (Å²) in [6.07, 6.45) is 1.31. The van der Waals surface area contributed by atoms with Crippen molar-refractivity contribution in [2.45, 2.75) is 19.8 Å². The minimum absolute atomic E-state index is 0. The number of guanidine groups is 1. The van der Waals surface area contributed by atoms with Crippen molar-refractivity contribution in [3.8, 4) is 0 Å². The molecule has 7 heteroatoms. The molecule has 0 unspecified atom stereocenters. The lowest BCUT2D eigenvalue weighted by molar-refractivity contribution is -0.140. The minimum Gasteiger partial charge on any atom is -0.469 e. The molecule has 0 atom stereocenters. The average molecular weight is 425 g/mol. The zero-order valence-corrected chi connectivity index (χ0v) is 15.9. The van der Waals surface area contributed by atoms with Gasteiger partial charge in [0.2, 0.25) is 0 Å². The molecule has 0 aliphatic carbocycles. The van der Waals surface area contributed by atoms with Gasteiger partial charge in [-0.05, 0) is 24.8 Å². The molecule has 0 aromatic carbocycles. The average Bonchev–Trinajstić information content (AvgIpc) is 2.96. The van der Waals surface area contributed by atoms with E-state index >= 15 is 0 Å². The normalized spacial score (nSPS) is 10.7. The third kappa shape index (κ3) is 8.25. The Bertz CT molecular complexity index is 424. The standard InChI is InChI=1S/C14H23N3O2S.HI/c1-4-15-14(16-9-7-13(18)19-3)17(2)10-8-12-6-5-11-20-12;/h5-6,11H,4,7-10H2,1-3H3,(H,15,16);1H. The highest BCUT2D eigenvalue weighted by Crippen LogP contribution is 2.09. The van der Waals surface area contributed by atoms with E-state index in [4.69, 9.17) is 0 Å². The van der Waals surface area contributed by atoms with Gasteiger partial charge in [0, 0.05) is 25.0 Å². The summed E-state index contributed by atoms with van der Waals surface area (Å²) < 4.78 is 4.61. The molecule has 0 aliphatic rings. The van der Waals surface area contributed by atoms with Crippen molar-refractivity contribution in [1.29, 1.82) is 0 Å². The third-order valence-corrected chi connectivity index (χ3v) is 3.71. The number of nitrogens with zero attached hydrogens (tertiary/aromatic N) is 2. The van der Waals surface area contributed by atoms with E-state index in [1.54, 1.807) is 11.3 Å². The van der Waals surface area contributed by atoms with Crippen LogP contribution in [0.25, 0.3) is 0 Å². The summed E-state index contributed by atoms with van der Waals surface area (Å²) in [5.74, 6) is 0.596. The summed E-state index contributed by atoms with van der Waals surface area (Å²) in [7, 11) is 3.40. The van der Waals surface area contributed by atoms with Crippen molar-refractivity contribution >= 4 is 47.2 Å². The predicted molar refractivity (Wildman–Crippen MR) is 98.7 cm³/mol. The van der Waals surface area contributed by atoms with Gasteiger partial charge in [-0.15, -0.1) is 35.3 Å². The Morgan fingerprint density at radius 1 is 1.52 bits per heavy atom. The van der Waals surface area contributed by atoms with Gasteiger partial charge in [-0.3, -0.25) is 9.79 Å². The Kier molecular flexibility index (Phi) is 11.3. The molecule has 0 radical (unpaired) electrons. The second-order valence-corrected chi connectivity index (χ2v) is 5.34. The third-order valence-electron chi connectivity index (χ3n) is 2.78. The lowest BCUT2D eigenvalue weighted by Crippen LogP contribution is -2.40. The molecule has 120 valence electrons. The SMILES string of the molecule is CCNC(=NCCC(=O)OC)N(C)CCc1cccs1.I. The fourth-order valence-electron chi connectivity index (χ4n) is 1.66. The van der Waals surface area contributed by atoms with Gasteiger partial charge in [-0.1, -0.05) is 6.07 Å². The van der Waals surface area contributed by atoms with Crippen LogP contribution in [0.5, 0.6) is 0 Å². The summed E-state index contributed by atoms with van der Waals surface area (Å²) in [5.41, 5.74) is 0. The number of hydrogen-bond acceptors (Lipinski definition) is 4. The summed E-state index contributed by atoms with van der Waals surface area (Å²) in [6.45, 7) is 4.17. The van der Waals surface area contributed by atoms with Gasteiger partial charge < -0.3 is 15.0 Å². The number of nitrogens with one attached hydrogen (secondary N) is 1. The lowest BCUT2D eigenvalue weighted by Gasteiger charge is -2.21. The molecule has 1 aromatic rings. The largest absolute Gasteiger partial charge is 0.469 e. The van der Waals surface area contributed by atoms with E-state index in [2.05, 4.69) is 37.5 Å². The van der Waals surface area contributed by atoms with Crippen LogP contribution in [0.15, 0.2) is 22.5 Å². The number of thiophene rings is 1. The van der Waals surface area contributed by atoms with Gasteiger partial charge in [0.05, 0.1) is 20.1 Å². The molecule has 0 saturated carbocycles. The molecule has 1 aromatic heterocycles. The quantitative estimate of drug-likeness (QED) is 0.316. The number of aliphatic imine (C=N–C) groups is 1. The minimum atomic E-state index is -0.231. The number of halogens is 1. The second-order valence-electron chi connectivity index (χ2n) is 4.31. The first kappa shape index (κ1) is 20.2. The fourth-order valence-corrected chi connectivity index (χ4v) is 2.36. The maximum Gasteiger partial charge on any atom is 0.307 e. The first-order valence-electron chi connectivity index (χ1n) is 6.76. The highest BCUT2D eigenvalue weighted by molar-refractivity contribution is 14.0. The van der Waals surface area contributed by atoms with Crippen molar-refractivity contribution in [3.05, 3.63) is 22.4 Å². The van der Waals surface area contributed by atoms with E-state index in [0.717, 1.165) is 25.5 Å². The molecular formula is C14H24IN3O2S. The van der Waals surface area contributed by atoms with Crippen LogP contribution in [0, 0.1) is 0 Å². The number of esters is 1. The van der Waals surface area contributed by atoms with Crippen LogP contribution in [0.2, 0.25) is 0 Å². The smallest absolute Gasteiger partial charge is 0.307 e. The lowest BCUT2D eigenvalue weighted by atomic mass is 10.3. The Hall–Kier alpha value is -0.830. The summed E-state index contributed by atoms with van der Waals surface area (Å²) >= 11 is 1.77.